The van der Waals surface area contributed by atoms with Crippen LogP contribution in [0.1, 0.15) is 11.4 Å². The number of hydrogen-bond donors (Lipinski definition) is 1. The number of hydrogen-bond acceptors (Lipinski definition) is 6. The first-order valence-corrected chi connectivity index (χ1v) is 8.43. The molecule has 1 aliphatic rings. The molecule has 0 aliphatic carbocycles. The fourth-order valence-electron chi connectivity index (χ4n) is 2.56. The molecule has 138 valence electrons. The van der Waals surface area contributed by atoms with Crippen molar-refractivity contribution in [3.8, 4) is 5.75 Å². The molecule has 1 amide bonds. The number of aryl methyl sites for hydroxylation is 1. The highest BCUT2D eigenvalue weighted by molar-refractivity contribution is 5.77. The number of amides is 1. The molecular weight excluding hydrogens is 339 g/mol. The molecule has 7 nitrogen and oxygen atoms in total. The minimum absolute atomic E-state index is 0.0511. The van der Waals surface area contributed by atoms with Gasteiger partial charge < -0.3 is 19.7 Å². The van der Waals surface area contributed by atoms with Crippen molar-refractivity contribution < 1.29 is 18.7 Å². The summed E-state index contributed by atoms with van der Waals surface area (Å²) >= 11 is 0. The van der Waals surface area contributed by atoms with Crippen LogP contribution in [-0.4, -0.2) is 48.8 Å². The Kier molecular flexibility index (Phi) is 5.96. The molecule has 8 heteroatoms. The number of nitrogens with zero attached hydrogens (tertiary/aromatic N) is 3. The third-order valence-electron chi connectivity index (χ3n) is 3.85. The largest absolute Gasteiger partial charge is 0.481 e. The van der Waals surface area contributed by atoms with Crippen molar-refractivity contribution in [3.63, 3.8) is 0 Å². The van der Waals surface area contributed by atoms with Crippen LogP contribution in [0.4, 0.5) is 10.3 Å². The molecule has 26 heavy (non-hydrogen) atoms. The molecule has 0 saturated carbocycles. The lowest BCUT2D eigenvalue weighted by Gasteiger charge is -2.27. The van der Waals surface area contributed by atoms with E-state index in [0.717, 1.165) is 18.8 Å². The topological polar surface area (TPSA) is 76.6 Å². The Morgan fingerprint density at radius 1 is 1.31 bits per heavy atom. The van der Waals surface area contributed by atoms with Crippen LogP contribution in [0.5, 0.6) is 5.75 Å². The van der Waals surface area contributed by atoms with E-state index in [0.29, 0.717) is 24.9 Å². The average Bonchev–Trinajstić information content (AvgIpc) is 2.66. The highest BCUT2D eigenvalue weighted by Crippen LogP contribution is 2.15. The number of benzene rings is 1. The number of rotatable bonds is 6. The van der Waals surface area contributed by atoms with Gasteiger partial charge in [0, 0.05) is 18.8 Å². The average molecular weight is 360 g/mol. The molecule has 2 heterocycles. The second kappa shape index (κ2) is 8.57. The number of carbonyl (C=O) groups excluding carboxylic acids is 1. The SMILES string of the molecule is Cc1cc(CNC(=O)COc2ccccc2F)nc(N2CCOCC2)n1. The van der Waals surface area contributed by atoms with E-state index in [-0.39, 0.29) is 24.8 Å². The van der Waals surface area contributed by atoms with Crippen molar-refractivity contribution in [3.05, 3.63) is 47.5 Å². The number of ether oxygens (including phenoxy) is 2. The molecule has 2 aromatic rings. The molecule has 1 aromatic carbocycles. The Morgan fingerprint density at radius 3 is 2.85 bits per heavy atom. The second-order valence-corrected chi connectivity index (χ2v) is 5.90. The predicted molar refractivity (Wildman–Crippen MR) is 93.5 cm³/mol. The van der Waals surface area contributed by atoms with Crippen LogP contribution in [0.3, 0.4) is 0 Å². The van der Waals surface area contributed by atoms with Crippen molar-refractivity contribution in [1.82, 2.24) is 15.3 Å². The molecule has 1 N–H and O–H groups in total. The van der Waals surface area contributed by atoms with Gasteiger partial charge in [-0.3, -0.25) is 4.79 Å². The van der Waals surface area contributed by atoms with Gasteiger partial charge in [0.25, 0.3) is 5.91 Å². The smallest absolute Gasteiger partial charge is 0.258 e. The summed E-state index contributed by atoms with van der Waals surface area (Å²) in [5, 5.41) is 2.73. The van der Waals surface area contributed by atoms with Gasteiger partial charge >= 0.3 is 0 Å². The Balaban J connectivity index is 1.54. The normalized spacial score (nSPS) is 14.2. The van der Waals surface area contributed by atoms with Crippen LogP contribution >= 0.6 is 0 Å². The summed E-state index contributed by atoms with van der Waals surface area (Å²) in [5.41, 5.74) is 1.53. The van der Waals surface area contributed by atoms with Gasteiger partial charge in [-0.15, -0.1) is 0 Å². The quantitative estimate of drug-likeness (QED) is 0.840. The molecule has 0 spiro atoms. The first-order chi connectivity index (χ1) is 12.6. The molecule has 0 atom stereocenters. The Bertz CT molecular complexity index is 766. The number of nitrogens with one attached hydrogen (secondary N) is 1. The van der Waals surface area contributed by atoms with Gasteiger partial charge in [-0.2, -0.15) is 0 Å². The predicted octanol–water partition coefficient (Wildman–Crippen LogP) is 1.46. The highest BCUT2D eigenvalue weighted by Gasteiger charge is 2.15. The number of aromatic nitrogens is 2. The fraction of sp³-hybridized carbons (Fsp3) is 0.389. The van der Waals surface area contributed by atoms with Gasteiger partial charge in [-0.05, 0) is 25.1 Å². The van der Waals surface area contributed by atoms with Crippen molar-refractivity contribution in [1.29, 1.82) is 0 Å². The lowest BCUT2D eigenvalue weighted by atomic mass is 10.3. The van der Waals surface area contributed by atoms with E-state index in [9.17, 15) is 9.18 Å². The van der Waals surface area contributed by atoms with Gasteiger partial charge in [-0.1, -0.05) is 12.1 Å². The molecule has 3 rings (SSSR count). The molecule has 1 fully saturated rings. The van der Waals surface area contributed by atoms with E-state index in [1.165, 1.54) is 12.1 Å². The minimum Gasteiger partial charge on any atom is -0.481 e. The molecule has 1 aliphatic heterocycles. The Labute approximate surface area is 151 Å². The maximum atomic E-state index is 13.5. The van der Waals surface area contributed by atoms with Crippen LogP contribution in [0, 0.1) is 12.7 Å². The van der Waals surface area contributed by atoms with Gasteiger partial charge in [-0.25, -0.2) is 14.4 Å². The summed E-state index contributed by atoms with van der Waals surface area (Å²) < 4.78 is 24.0. The number of halogens is 1. The zero-order valence-corrected chi connectivity index (χ0v) is 14.6. The number of para-hydroxylation sites is 1. The Morgan fingerprint density at radius 2 is 2.08 bits per heavy atom. The third kappa shape index (κ3) is 4.89. The van der Waals surface area contributed by atoms with Crippen molar-refractivity contribution in [2.75, 3.05) is 37.8 Å². The number of carbonyl (C=O) groups is 1. The molecular formula is C18H21FN4O3. The Hall–Kier alpha value is -2.74. The van der Waals surface area contributed by atoms with E-state index < -0.39 is 5.82 Å². The molecule has 0 bridgehead atoms. The summed E-state index contributed by atoms with van der Waals surface area (Å²) in [4.78, 5) is 23.0. The van der Waals surface area contributed by atoms with Gasteiger partial charge in [0.15, 0.2) is 18.2 Å². The van der Waals surface area contributed by atoms with E-state index >= 15 is 0 Å². The third-order valence-corrected chi connectivity index (χ3v) is 3.85. The summed E-state index contributed by atoms with van der Waals surface area (Å²) in [6, 6.07) is 7.79. The zero-order chi connectivity index (χ0) is 18.4. The second-order valence-electron chi connectivity index (χ2n) is 5.90. The summed E-state index contributed by atoms with van der Waals surface area (Å²) in [6.45, 7) is 4.66. The van der Waals surface area contributed by atoms with Crippen LogP contribution in [0.25, 0.3) is 0 Å². The number of morpholine rings is 1. The first kappa shape index (κ1) is 18.1. The molecule has 1 saturated heterocycles. The lowest BCUT2D eigenvalue weighted by Crippen LogP contribution is -2.37. The highest BCUT2D eigenvalue weighted by atomic mass is 19.1. The van der Waals surface area contributed by atoms with Crippen molar-refractivity contribution in [2.45, 2.75) is 13.5 Å². The summed E-state index contributed by atoms with van der Waals surface area (Å²) in [7, 11) is 0. The van der Waals surface area contributed by atoms with E-state index in [1.54, 1.807) is 12.1 Å². The molecule has 1 aromatic heterocycles. The molecule has 0 radical (unpaired) electrons. The van der Waals surface area contributed by atoms with Gasteiger partial charge in [0.1, 0.15) is 0 Å². The van der Waals surface area contributed by atoms with Gasteiger partial charge in [0.2, 0.25) is 5.95 Å². The van der Waals surface area contributed by atoms with E-state index in [1.807, 2.05) is 13.0 Å². The van der Waals surface area contributed by atoms with Gasteiger partial charge in [0.05, 0.1) is 25.5 Å². The monoisotopic (exact) mass is 360 g/mol. The first-order valence-electron chi connectivity index (χ1n) is 8.43. The standard InChI is InChI=1S/C18H21FN4O3/c1-13-10-14(22-18(21-13)23-6-8-25-9-7-23)11-20-17(24)12-26-16-5-3-2-4-15(16)19/h2-5,10H,6-9,11-12H2,1H3,(H,20,24). The number of anilines is 1. The van der Waals surface area contributed by atoms with Crippen molar-refractivity contribution in [2.24, 2.45) is 0 Å². The van der Waals surface area contributed by atoms with Crippen LogP contribution < -0.4 is 15.0 Å². The summed E-state index contributed by atoms with van der Waals surface area (Å²) in [5.74, 6) is -0.158. The minimum atomic E-state index is -0.498. The van der Waals surface area contributed by atoms with Crippen LogP contribution in [0.2, 0.25) is 0 Å². The van der Waals surface area contributed by atoms with Crippen LogP contribution in [-0.2, 0) is 16.1 Å². The maximum Gasteiger partial charge on any atom is 0.258 e. The maximum absolute atomic E-state index is 13.5. The van der Waals surface area contributed by atoms with Crippen molar-refractivity contribution >= 4 is 11.9 Å². The van der Waals surface area contributed by atoms with E-state index in [4.69, 9.17) is 9.47 Å². The fourth-order valence-corrected chi connectivity index (χ4v) is 2.56. The van der Waals surface area contributed by atoms with Crippen LogP contribution in [0.15, 0.2) is 30.3 Å². The van der Waals surface area contributed by atoms with E-state index in [2.05, 4.69) is 20.2 Å². The lowest BCUT2D eigenvalue weighted by molar-refractivity contribution is -0.123. The molecule has 0 unspecified atom stereocenters. The zero-order valence-electron chi connectivity index (χ0n) is 14.6. The summed E-state index contributed by atoms with van der Waals surface area (Å²) in [6.07, 6.45) is 0.